The van der Waals surface area contributed by atoms with Gasteiger partial charge in [-0.15, -0.1) is 11.3 Å². The Labute approximate surface area is 120 Å². The number of rotatable bonds is 2. The Morgan fingerprint density at radius 3 is 3.00 bits per heavy atom. The maximum Gasteiger partial charge on any atom is 0.265 e. The monoisotopic (exact) mass is 292 g/mol. The van der Waals surface area contributed by atoms with Crippen molar-refractivity contribution >= 4 is 40.2 Å². The van der Waals surface area contributed by atoms with E-state index in [2.05, 4.69) is 16.7 Å². The van der Waals surface area contributed by atoms with Gasteiger partial charge in [0, 0.05) is 17.9 Å². The molecule has 0 saturated heterocycles. The van der Waals surface area contributed by atoms with Crippen LogP contribution in [-0.4, -0.2) is 12.5 Å². The van der Waals surface area contributed by atoms with Gasteiger partial charge < -0.3 is 10.6 Å². The Balaban J connectivity index is 1.78. The van der Waals surface area contributed by atoms with Gasteiger partial charge in [-0.3, -0.25) is 4.79 Å². The first-order chi connectivity index (χ1) is 9.22. The van der Waals surface area contributed by atoms with Crippen molar-refractivity contribution in [2.75, 3.05) is 17.2 Å². The first kappa shape index (κ1) is 12.5. The van der Waals surface area contributed by atoms with Crippen LogP contribution in [0.25, 0.3) is 0 Å². The topological polar surface area (TPSA) is 41.1 Å². The molecule has 98 valence electrons. The molecule has 0 bridgehead atoms. The lowest BCUT2D eigenvalue weighted by molar-refractivity contribution is 0.103. The number of hydrogen-bond donors (Lipinski definition) is 2. The molecule has 1 aliphatic rings. The van der Waals surface area contributed by atoms with Gasteiger partial charge in [-0.1, -0.05) is 17.7 Å². The third-order valence-electron chi connectivity index (χ3n) is 3.10. The minimum absolute atomic E-state index is 0.118. The van der Waals surface area contributed by atoms with E-state index in [4.69, 9.17) is 11.6 Å². The molecule has 5 heteroatoms. The second kappa shape index (κ2) is 5.23. The summed E-state index contributed by atoms with van der Waals surface area (Å²) in [5.41, 5.74) is 3.24. The second-order valence-electron chi connectivity index (χ2n) is 4.46. The summed E-state index contributed by atoms with van der Waals surface area (Å²) in [6.45, 7) is 0.991. The Morgan fingerprint density at radius 1 is 1.32 bits per heavy atom. The van der Waals surface area contributed by atoms with Crippen molar-refractivity contribution < 1.29 is 4.79 Å². The average molecular weight is 293 g/mol. The number of benzene rings is 1. The second-order valence-corrected chi connectivity index (χ2v) is 6.18. The van der Waals surface area contributed by atoms with Crippen LogP contribution < -0.4 is 10.6 Å². The molecule has 1 aliphatic heterocycles. The van der Waals surface area contributed by atoms with Crippen molar-refractivity contribution in [1.29, 1.82) is 0 Å². The van der Waals surface area contributed by atoms with Crippen LogP contribution >= 0.6 is 22.9 Å². The number of nitrogens with one attached hydrogen (secondary N) is 2. The SMILES string of the molecule is O=C(Nc1ccc2c(c1)NCCC2)c1ccc(Cl)s1. The van der Waals surface area contributed by atoms with E-state index in [1.54, 1.807) is 12.1 Å². The van der Waals surface area contributed by atoms with Crippen LogP contribution in [0.4, 0.5) is 11.4 Å². The molecule has 3 nitrogen and oxygen atoms in total. The molecule has 0 atom stereocenters. The predicted molar refractivity (Wildman–Crippen MR) is 80.5 cm³/mol. The molecule has 2 heterocycles. The van der Waals surface area contributed by atoms with Crippen LogP contribution in [0, 0.1) is 0 Å². The Kier molecular flexibility index (Phi) is 3.44. The summed E-state index contributed by atoms with van der Waals surface area (Å²) < 4.78 is 0.622. The number of aryl methyl sites for hydroxylation is 1. The van der Waals surface area contributed by atoms with Crippen LogP contribution in [0.1, 0.15) is 21.7 Å². The van der Waals surface area contributed by atoms with Crippen LogP contribution in [-0.2, 0) is 6.42 Å². The molecule has 2 N–H and O–H groups in total. The lowest BCUT2D eigenvalue weighted by Crippen LogP contribution is -2.14. The number of carbonyl (C=O) groups is 1. The Hall–Kier alpha value is -1.52. The molecule has 0 radical (unpaired) electrons. The zero-order chi connectivity index (χ0) is 13.2. The first-order valence-corrected chi connectivity index (χ1v) is 7.35. The van der Waals surface area contributed by atoms with E-state index in [1.807, 2.05) is 12.1 Å². The van der Waals surface area contributed by atoms with Gasteiger partial charge in [0.15, 0.2) is 0 Å². The van der Waals surface area contributed by atoms with Crippen molar-refractivity contribution in [3.05, 3.63) is 45.1 Å². The molecule has 0 spiro atoms. The number of halogens is 1. The van der Waals surface area contributed by atoms with E-state index >= 15 is 0 Å². The summed E-state index contributed by atoms with van der Waals surface area (Å²) in [6, 6.07) is 9.47. The highest BCUT2D eigenvalue weighted by Crippen LogP contribution is 2.27. The van der Waals surface area contributed by atoms with Gasteiger partial charge in [0.2, 0.25) is 0 Å². The number of amides is 1. The quantitative estimate of drug-likeness (QED) is 0.878. The molecule has 2 aromatic rings. The summed E-state index contributed by atoms with van der Waals surface area (Å²) in [7, 11) is 0. The first-order valence-electron chi connectivity index (χ1n) is 6.16. The zero-order valence-corrected chi connectivity index (χ0v) is 11.8. The van der Waals surface area contributed by atoms with Gasteiger partial charge in [0.05, 0.1) is 9.21 Å². The number of fused-ring (bicyclic) bond motifs is 1. The van der Waals surface area contributed by atoms with E-state index in [0.717, 1.165) is 30.8 Å². The lowest BCUT2D eigenvalue weighted by atomic mass is 10.0. The molecule has 1 aromatic heterocycles. The average Bonchev–Trinajstić information content (AvgIpc) is 2.85. The summed E-state index contributed by atoms with van der Waals surface area (Å²) in [6.07, 6.45) is 2.25. The molecular formula is C14H13ClN2OS. The Bertz CT molecular complexity index is 624. The number of carbonyl (C=O) groups excluding carboxylic acids is 1. The summed E-state index contributed by atoms with van der Waals surface area (Å²) >= 11 is 7.11. The van der Waals surface area contributed by atoms with Crippen LogP contribution in [0.5, 0.6) is 0 Å². The summed E-state index contributed by atoms with van der Waals surface area (Å²) in [5.74, 6) is -0.118. The minimum atomic E-state index is -0.118. The molecule has 0 saturated carbocycles. The third kappa shape index (κ3) is 2.74. The third-order valence-corrected chi connectivity index (χ3v) is 4.33. The fourth-order valence-corrected chi connectivity index (χ4v) is 3.11. The van der Waals surface area contributed by atoms with Gasteiger partial charge in [-0.25, -0.2) is 0 Å². The molecular weight excluding hydrogens is 280 g/mol. The summed E-state index contributed by atoms with van der Waals surface area (Å²) in [5, 5.41) is 6.24. The maximum atomic E-state index is 12.0. The van der Waals surface area contributed by atoms with Crippen molar-refractivity contribution in [3.8, 4) is 0 Å². The number of hydrogen-bond acceptors (Lipinski definition) is 3. The van der Waals surface area contributed by atoms with E-state index in [-0.39, 0.29) is 5.91 Å². The van der Waals surface area contributed by atoms with Crippen LogP contribution in [0.15, 0.2) is 30.3 Å². The van der Waals surface area contributed by atoms with E-state index in [9.17, 15) is 4.79 Å². The largest absolute Gasteiger partial charge is 0.385 e. The fourth-order valence-electron chi connectivity index (χ4n) is 2.17. The molecule has 3 rings (SSSR count). The highest BCUT2D eigenvalue weighted by atomic mass is 35.5. The zero-order valence-electron chi connectivity index (χ0n) is 10.2. The molecule has 19 heavy (non-hydrogen) atoms. The van der Waals surface area contributed by atoms with Gasteiger partial charge in [-0.05, 0) is 42.7 Å². The van der Waals surface area contributed by atoms with Gasteiger partial charge >= 0.3 is 0 Å². The fraction of sp³-hybridized carbons (Fsp3) is 0.214. The van der Waals surface area contributed by atoms with Crippen molar-refractivity contribution in [2.45, 2.75) is 12.8 Å². The van der Waals surface area contributed by atoms with E-state index < -0.39 is 0 Å². The smallest absolute Gasteiger partial charge is 0.265 e. The van der Waals surface area contributed by atoms with Crippen LogP contribution in [0.3, 0.4) is 0 Å². The Morgan fingerprint density at radius 2 is 2.21 bits per heavy atom. The van der Waals surface area contributed by atoms with Crippen molar-refractivity contribution in [2.24, 2.45) is 0 Å². The molecule has 0 unspecified atom stereocenters. The van der Waals surface area contributed by atoms with Crippen LogP contribution in [0.2, 0.25) is 4.34 Å². The predicted octanol–water partition coefficient (Wildman–Crippen LogP) is 4.01. The highest BCUT2D eigenvalue weighted by Gasteiger charge is 2.12. The van der Waals surface area contributed by atoms with Crippen molar-refractivity contribution in [1.82, 2.24) is 0 Å². The number of thiophene rings is 1. The summed E-state index contributed by atoms with van der Waals surface area (Å²) in [4.78, 5) is 12.6. The minimum Gasteiger partial charge on any atom is -0.385 e. The normalized spacial score (nSPS) is 13.5. The lowest BCUT2D eigenvalue weighted by Gasteiger charge is -2.18. The molecule has 1 amide bonds. The maximum absolute atomic E-state index is 12.0. The van der Waals surface area contributed by atoms with E-state index in [0.29, 0.717) is 9.21 Å². The van der Waals surface area contributed by atoms with Gasteiger partial charge in [0.1, 0.15) is 0 Å². The van der Waals surface area contributed by atoms with Crippen molar-refractivity contribution in [3.63, 3.8) is 0 Å². The highest BCUT2D eigenvalue weighted by molar-refractivity contribution is 7.18. The number of anilines is 2. The molecule has 0 aliphatic carbocycles. The van der Waals surface area contributed by atoms with E-state index in [1.165, 1.54) is 16.9 Å². The van der Waals surface area contributed by atoms with Gasteiger partial charge in [0.25, 0.3) is 5.91 Å². The molecule has 0 fully saturated rings. The standard InChI is InChI=1S/C14H13ClN2OS/c15-13-6-5-12(19-13)14(18)17-10-4-3-9-2-1-7-16-11(9)8-10/h3-6,8,16H,1-2,7H2,(H,17,18). The van der Waals surface area contributed by atoms with Gasteiger partial charge in [-0.2, -0.15) is 0 Å². The molecule has 1 aromatic carbocycles.